The third-order valence-electron chi connectivity index (χ3n) is 5.49. The Morgan fingerprint density at radius 2 is 1.50 bits per heavy atom. The van der Waals surface area contributed by atoms with Crippen LogP contribution in [0.5, 0.6) is 0 Å². The summed E-state index contributed by atoms with van der Waals surface area (Å²) in [4.78, 5) is 11.1. The minimum absolute atomic E-state index is 0.147. The van der Waals surface area contributed by atoms with E-state index in [9.17, 15) is 4.79 Å². The molecular formula is C23H36O3. The number of carbonyl (C=O) groups is 1. The van der Waals surface area contributed by atoms with Gasteiger partial charge in [0.1, 0.15) is 0 Å². The second kappa shape index (κ2) is 10.5. The van der Waals surface area contributed by atoms with E-state index in [2.05, 4.69) is 45.6 Å². The zero-order valence-corrected chi connectivity index (χ0v) is 17.2. The van der Waals surface area contributed by atoms with Gasteiger partial charge >= 0.3 is 5.97 Å². The van der Waals surface area contributed by atoms with E-state index in [1.54, 1.807) is 6.08 Å². The van der Waals surface area contributed by atoms with Crippen LogP contribution in [0.3, 0.4) is 0 Å². The molecule has 0 aromatic carbocycles. The Labute approximate surface area is 159 Å². The van der Waals surface area contributed by atoms with Crippen LogP contribution in [-0.4, -0.2) is 24.8 Å². The van der Waals surface area contributed by atoms with E-state index >= 15 is 0 Å². The first-order valence-corrected chi connectivity index (χ1v) is 9.66. The van der Waals surface area contributed by atoms with Gasteiger partial charge in [0, 0.05) is 6.08 Å². The molecule has 2 fully saturated rings. The second-order valence-electron chi connectivity index (χ2n) is 8.05. The fourth-order valence-corrected chi connectivity index (χ4v) is 3.98. The Bertz CT molecular complexity index is 582. The molecule has 0 saturated heterocycles. The fourth-order valence-electron chi connectivity index (χ4n) is 3.98. The average Bonchev–Trinajstić information content (AvgIpc) is 2.57. The summed E-state index contributed by atoms with van der Waals surface area (Å²) in [6.07, 6.45) is 7.91. The maximum absolute atomic E-state index is 11.1. The van der Waals surface area contributed by atoms with Crippen LogP contribution in [0, 0.1) is 23.7 Å². The molecule has 2 saturated carbocycles. The second-order valence-corrected chi connectivity index (χ2v) is 8.05. The molecule has 4 atom stereocenters. The number of rotatable bonds is 2. The lowest BCUT2D eigenvalue weighted by molar-refractivity contribution is -0.134. The molecule has 0 bridgehead atoms. The van der Waals surface area contributed by atoms with Crippen molar-refractivity contribution in [2.24, 2.45) is 23.7 Å². The first-order chi connectivity index (χ1) is 12.2. The van der Waals surface area contributed by atoms with Gasteiger partial charge in [-0.05, 0) is 71.6 Å². The highest BCUT2D eigenvalue weighted by Gasteiger charge is 2.23. The van der Waals surface area contributed by atoms with Gasteiger partial charge in [-0.2, -0.15) is 0 Å². The molecule has 0 aromatic rings. The van der Waals surface area contributed by atoms with E-state index in [1.807, 2.05) is 6.08 Å². The molecule has 3 nitrogen and oxygen atoms in total. The van der Waals surface area contributed by atoms with Gasteiger partial charge in [-0.1, -0.05) is 46.9 Å². The molecule has 0 amide bonds. The maximum Gasteiger partial charge on any atom is 0.330 e. The molecule has 0 aliphatic heterocycles. The normalized spacial score (nSPS) is 32.2. The summed E-state index contributed by atoms with van der Waals surface area (Å²) in [5.74, 6) is 2.17. The molecule has 0 unspecified atom stereocenters. The summed E-state index contributed by atoms with van der Waals surface area (Å²) in [6.45, 7) is 17.0. The third-order valence-corrected chi connectivity index (χ3v) is 5.49. The van der Waals surface area contributed by atoms with Crippen LogP contribution in [0.4, 0.5) is 0 Å². The molecule has 0 spiro atoms. The zero-order valence-electron chi connectivity index (χ0n) is 17.2. The lowest BCUT2D eigenvalue weighted by atomic mass is 9.77. The van der Waals surface area contributed by atoms with Gasteiger partial charge in [0.05, 0.1) is 13.7 Å². The molecule has 2 aliphatic carbocycles. The van der Waals surface area contributed by atoms with Crippen molar-refractivity contribution in [3.63, 3.8) is 0 Å². The molecule has 1 N–H and O–H groups in total. The highest BCUT2D eigenvalue weighted by Crippen LogP contribution is 2.36. The van der Waals surface area contributed by atoms with Crippen molar-refractivity contribution in [2.75, 3.05) is 13.7 Å². The molecule has 0 aromatic heterocycles. The van der Waals surface area contributed by atoms with E-state index in [4.69, 9.17) is 5.11 Å². The number of hydrogen-bond acceptors (Lipinski definition) is 3. The minimum atomic E-state index is -0.276. The lowest BCUT2D eigenvalue weighted by Crippen LogP contribution is -2.16. The van der Waals surface area contributed by atoms with Crippen molar-refractivity contribution in [2.45, 2.75) is 53.4 Å². The van der Waals surface area contributed by atoms with Crippen molar-refractivity contribution in [3.05, 3.63) is 47.6 Å². The zero-order chi connectivity index (χ0) is 19.9. The SMILES string of the molecule is C=C1/C(=C/C(=O)OC)C[C@@H](C)C[C@@H]1C.C=C1/C(=C/CO)C[C@@H](C)C[C@@H]1C. The summed E-state index contributed by atoms with van der Waals surface area (Å²) >= 11 is 0. The first-order valence-electron chi connectivity index (χ1n) is 9.66. The molecule has 0 heterocycles. The van der Waals surface area contributed by atoms with Crippen LogP contribution in [-0.2, 0) is 9.53 Å². The topological polar surface area (TPSA) is 46.5 Å². The summed E-state index contributed by atoms with van der Waals surface area (Å²) in [5.41, 5.74) is 4.64. The number of aliphatic hydroxyl groups is 1. The van der Waals surface area contributed by atoms with Gasteiger partial charge in [-0.25, -0.2) is 4.79 Å². The Morgan fingerprint density at radius 3 is 1.96 bits per heavy atom. The molecule has 2 rings (SSSR count). The molecule has 3 heteroatoms. The van der Waals surface area contributed by atoms with Gasteiger partial charge in [-0.15, -0.1) is 0 Å². The number of hydrogen-bond donors (Lipinski definition) is 1. The standard InChI is InChI=1S/C12H18O2.C11H18O/c1-8-5-9(2)10(3)11(6-8)7-12(13)14-4;1-8-6-9(2)10(3)11(7-8)4-5-12/h7-9H,3,5-6H2,1-2,4H3;4,8-9,12H,3,5-7H2,1-2H3/b11-7+;11-4+/t2*8-,9-/m00/s1. The van der Waals surface area contributed by atoms with E-state index in [0.29, 0.717) is 17.8 Å². The number of carbonyl (C=O) groups excluding carboxylic acids is 1. The van der Waals surface area contributed by atoms with Gasteiger partial charge in [0.15, 0.2) is 0 Å². The van der Waals surface area contributed by atoms with Crippen LogP contribution < -0.4 is 0 Å². The minimum Gasteiger partial charge on any atom is -0.466 e. The van der Waals surface area contributed by atoms with Crippen LogP contribution in [0.15, 0.2) is 47.6 Å². The Morgan fingerprint density at radius 1 is 1.04 bits per heavy atom. The van der Waals surface area contributed by atoms with E-state index in [-0.39, 0.29) is 12.6 Å². The summed E-state index contributed by atoms with van der Waals surface area (Å²) in [6, 6.07) is 0. The largest absolute Gasteiger partial charge is 0.466 e. The highest BCUT2D eigenvalue weighted by atomic mass is 16.5. The van der Waals surface area contributed by atoms with Crippen LogP contribution in [0.2, 0.25) is 0 Å². The monoisotopic (exact) mass is 360 g/mol. The Kier molecular flexibility index (Phi) is 9.07. The number of esters is 1. The number of ether oxygens (including phenoxy) is 1. The lowest BCUT2D eigenvalue weighted by Gasteiger charge is -2.28. The highest BCUT2D eigenvalue weighted by molar-refractivity contribution is 5.83. The molecule has 2 aliphatic rings. The summed E-state index contributed by atoms with van der Waals surface area (Å²) in [7, 11) is 1.40. The smallest absolute Gasteiger partial charge is 0.330 e. The van der Waals surface area contributed by atoms with E-state index < -0.39 is 0 Å². The first kappa shape index (κ1) is 22.4. The van der Waals surface area contributed by atoms with Gasteiger partial charge in [0.2, 0.25) is 0 Å². The van der Waals surface area contributed by atoms with Crippen LogP contribution in [0.25, 0.3) is 0 Å². The molecule has 0 radical (unpaired) electrons. The fraction of sp³-hybridized carbons (Fsp3) is 0.609. The van der Waals surface area contributed by atoms with Gasteiger partial charge < -0.3 is 9.84 Å². The summed E-state index contributed by atoms with van der Waals surface area (Å²) in [5, 5.41) is 8.79. The van der Waals surface area contributed by atoms with Crippen LogP contribution in [0.1, 0.15) is 53.4 Å². The average molecular weight is 361 g/mol. The Hall–Kier alpha value is -1.61. The number of aliphatic hydroxyl groups excluding tert-OH is 1. The van der Waals surface area contributed by atoms with Crippen molar-refractivity contribution in [1.29, 1.82) is 0 Å². The molecule has 146 valence electrons. The summed E-state index contributed by atoms with van der Waals surface area (Å²) < 4.78 is 4.62. The Balaban J connectivity index is 0.000000263. The van der Waals surface area contributed by atoms with Crippen molar-refractivity contribution >= 4 is 5.97 Å². The predicted molar refractivity (Wildman–Crippen MR) is 109 cm³/mol. The van der Waals surface area contributed by atoms with Gasteiger partial charge in [-0.3, -0.25) is 0 Å². The van der Waals surface area contributed by atoms with E-state index in [1.165, 1.54) is 24.7 Å². The maximum atomic E-state index is 11.1. The molecule has 26 heavy (non-hydrogen) atoms. The van der Waals surface area contributed by atoms with Crippen molar-refractivity contribution in [3.8, 4) is 0 Å². The van der Waals surface area contributed by atoms with Crippen molar-refractivity contribution in [1.82, 2.24) is 0 Å². The predicted octanol–water partition coefficient (Wildman–Crippen LogP) is 5.24. The number of allylic oxidation sites excluding steroid dienone is 4. The van der Waals surface area contributed by atoms with Gasteiger partial charge in [0.25, 0.3) is 0 Å². The van der Waals surface area contributed by atoms with Crippen LogP contribution >= 0.6 is 0 Å². The quantitative estimate of drug-likeness (QED) is 0.541. The number of methoxy groups -OCH3 is 1. The van der Waals surface area contributed by atoms with Crippen molar-refractivity contribution < 1.29 is 14.6 Å². The van der Waals surface area contributed by atoms with E-state index in [0.717, 1.165) is 36.3 Å². The third kappa shape index (κ3) is 6.60. The molecular weight excluding hydrogens is 324 g/mol.